The van der Waals surface area contributed by atoms with Crippen molar-refractivity contribution in [1.82, 2.24) is 4.58 Å². The zero-order valence-corrected chi connectivity index (χ0v) is 17.9. The second-order valence-corrected chi connectivity index (χ2v) is 6.64. The lowest BCUT2D eigenvalue weighted by molar-refractivity contribution is -0.00000601. The topological polar surface area (TPSA) is 19.4 Å². The highest BCUT2D eigenvalue weighted by Gasteiger charge is 2.16. The molecule has 27 heavy (non-hydrogen) atoms. The molecule has 0 radical (unpaired) electrons. The Kier molecular flexibility index (Phi) is 7.32. The van der Waals surface area contributed by atoms with Gasteiger partial charge in [-0.15, -0.1) is 0 Å². The maximum Gasteiger partial charge on any atom is 0.203 e. The molecule has 0 spiro atoms. The van der Waals surface area contributed by atoms with E-state index in [0.717, 1.165) is 43.9 Å². The van der Waals surface area contributed by atoms with Gasteiger partial charge in [0.2, 0.25) is 5.36 Å². The summed E-state index contributed by atoms with van der Waals surface area (Å²) < 4.78 is 8.75. The van der Waals surface area contributed by atoms with Crippen molar-refractivity contribution in [2.45, 2.75) is 41.0 Å². The minimum absolute atomic E-state index is 0. The summed E-state index contributed by atoms with van der Waals surface area (Å²) in [6.07, 6.45) is 0.999. The molecular weight excluding hydrogens is 356 g/mol. The summed E-state index contributed by atoms with van der Waals surface area (Å²) in [6, 6.07) is 13.3. The Morgan fingerprint density at radius 2 is 1.59 bits per heavy atom. The quantitative estimate of drug-likeness (QED) is 0.475. The van der Waals surface area contributed by atoms with Crippen molar-refractivity contribution in [2.24, 2.45) is 0 Å². The maximum absolute atomic E-state index is 6.39. The normalized spacial score (nSPS) is 10.9. The van der Waals surface area contributed by atoms with Gasteiger partial charge in [0.1, 0.15) is 24.4 Å². The second kappa shape index (κ2) is 9.27. The fraction of sp³-hybridized carbons (Fsp3) is 0.435. The van der Waals surface area contributed by atoms with E-state index in [-0.39, 0.29) is 12.4 Å². The van der Waals surface area contributed by atoms with E-state index in [0.29, 0.717) is 0 Å². The third-order valence-corrected chi connectivity index (χ3v) is 5.41. The first-order valence-electron chi connectivity index (χ1n) is 9.99. The van der Waals surface area contributed by atoms with Crippen LogP contribution in [0.5, 0.6) is 0 Å². The number of hydrogen-bond acceptors (Lipinski definition) is 2. The van der Waals surface area contributed by atoms with Crippen LogP contribution in [0.2, 0.25) is 0 Å². The summed E-state index contributed by atoms with van der Waals surface area (Å²) in [5.74, 6) is 0.982. The molecule has 3 nitrogen and oxygen atoms in total. The number of anilines is 1. The Morgan fingerprint density at radius 1 is 0.889 bits per heavy atom. The van der Waals surface area contributed by atoms with E-state index >= 15 is 0 Å². The summed E-state index contributed by atoms with van der Waals surface area (Å²) >= 11 is 0. The van der Waals surface area contributed by atoms with Crippen LogP contribution in [0.25, 0.3) is 22.3 Å². The van der Waals surface area contributed by atoms with Gasteiger partial charge < -0.3 is 21.7 Å². The van der Waals surface area contributed by atoms with Crippen LogP contribution in [0.4, 0.5) is 5.69 Å². The third kappa shape index (κ3) is 3.98. The van der Waals surface area contributed by atoms with Gasteiger partial charge in [-0.3, -0.25) is 0 Å². The van der Waals surface area contributed by atoms with Crippen LogP contribution in [0, 0.1) is 0 Å². The molecule has 4 heteroatoms. The van der Waals surface area contributed by atoms with Crippen molar-refractivity contribution in [1.29, 1.82) is 0 Å². The molecule has 0 bridgehead atoms. The molecule has 1 aliphatic carbocycles. The molecule has 0 fully saturated rings. The minimum Gasteiger partial charge on any atom is -1.00 e. The molecule has 1 aromatic rings. The van der Waals surface area contributed by atoms with E-state index < -0.39 is 0 Å². The number of halogens is 1. The van der Waals surface area contributed by atoms with Crippen molar-refractivity contribution >= 4 is 16.7 Å². The molecular formula is C23H31ClN2O. The predicted octanol–water partition coefficient (Wildman–Crippen LogP) is 1.76. The predicted molar refractivity (Wildman–Crippen MR) is 112 cm³/mol. The van der Waals surface area contributed by atoms with Crippen LogP contribution in [0.1, 0.15) is 40.2 Å². The second-order valence-electron chi connectivity index (χ2n) is 6.64. The molecule has 0 amide bonds. The Bertz CT molecular complexity index is 935. The zero-order chi connectivity index (χ0) is 18.7. The number of fused-ring (bicyclic) bond motifs is 2. The molecule has 0 aromatic heterocycles. The van der Waals surface area contributed by atoms with E-state index in [2.05, 4.69) is 80.5 Å². The van der Waals surface area contributed by atoms with E-state index in [1.165, 1.54) is 27.6 Å². The van der Waals surface area contributed by atoms with Crippen molar-refractivity contribution in [2.75, 3.05) is 31.1 Å². The van der Waals surface area contributed by atoms with Gasteiger partial charge in [-0.05, 0) is 57.9 Å². The Morgan fingerprint density at radius 3 is 2.19 bits per heavy atom. The van der Waals surface area contributed by atoms with Crippen molar-refractivity contribution in [3.05, 3.63) is 47.3 Å². The standard InChI is InChI=1S/C23H31N2O.ClH/c1-6-19-20-13-11-17(24(7-2)8-3)15-22(20)26-23-16-18(12-14-21(19)23)25(9-4)10-5;/h11-16H,6-10H2,1-5H3;1H/q+1;/p-1. The largest absolute Gasteiger partial charge is 1.00 e. The molecule has 0 atom stereocenters. The average molecular weight is 387 g/mol. The number of hydrogen-bond donors (Lipinski definition) is 0. The van der Waals surface area contributed by atoms with Gasteiger partial charge in [0.25, 0.3) is 0 Å². The first-order chi connectivity index (χ1) is 12.7. The van der Waals surface area contributed by atoms with Crippen molar-refractivity contribution in [3.63, 3.8) is 0 Å². The van der Waals surface area contributed by atoms with Crippen LogP contribution in [0.3, 0.4) is 0 Å². The number of rotatable bonds is 6. The summed E-state index contributed by atoms with van der Waals surface area (Å²) in [6.45, 7) is 15.0. The number of nitrogens with zero attached hydrogens (tertiary/aromatic N) is 2. The monoisotopic (exact) mass is 386 g/mol. The summed E-state index contributed by atoms with van der Waals surface area (Å²) in [4.78, 5) is 2.36. The van der Waals surface area contributed by atoms with Crippen LogP contribution in [-0.2, 0) is 6.42 Å². The number of benzene rings is 2. The Hall–Kier alpha value is -2.00. The van der Waals surface area contributed by atoms with Gasteiger partial charge in [0.15, 0.2) is 0 Å². The van der Waals surface area contributed by atoms with Gasteiger partial charge in [-0.2, -0.15) is 0 Å². The van der Waals surface area contributed by atoms with E-state index in [1.807, 2.05) is 0 Å². The number of aryl methyl sites for hydroxylation is 1. The van der Waals surface area contributed by atoms with Gasteiger partial charge in [0, 0.05) is 41.9 Å². The molecule has 1 aromatic carbocycles. The fourth-order valence-electron chi connectivity index (χ4n) is 3.90. The first kappa shape index (κ1) is 21.3. The van der Waals surface area contributed by atoms with E-state index in [4.69, 9.17) is 4.42 Å². The average Bonchev–Trinajstić information content (AvgIpc) is 2.67. The van der Waals surface area contributed by atoms with Crippen LogP contribution in [-0.4, -0.2) is 26.2 Å². The van der Waals surface area contributed by atoms with Gasteiger partial charge >= 0.3 is 0 Å². The SMILES string of the molecule is CCc1c2ccc(=[N+](CC)CC)cc-2oc2cc(N(CC)CC)ccc12.[Cl-]. The van der Waals surface area contributed by atoms with E-state index in [1.54, 1.807) is 0 Å². The van der Waals surface area contributed by atoms with Gasteiger partial charge in [-0.1, -0.05) is 6.92 Å². The molecule has 2 aliphatic rings. The first-order valence-corrected chi connectivity index (χ1v) is 9.99. The zero-order valence-electron chi connectivity index (χ0n) is 17.2. The van der Waals surface area contributed by atoms with Gasteiger partial charge in [0.05, 0.1) is 6.07 Å². The lowest BCUT2D eigenvalue weighted by Gasteiger charge is -2.22. The summed E-state index contributed by atoms with van der Waals surface area (Å²) in [7, 11) is 0. The molecule has 146 valence electrons. The lowest BCUT2D eigenvalue weighted by atomic mass is 9.97. The highest BCUT2D eigenvalue weighted by molar-refractivity contribution is 5.90. The third-order valence-electron chi connectivity index (χ3n) is 5.41. The molecule has 0 saturated carbocycles. The molecule has 3 rings (SSSR count). The lowest BCUT2D eigenvalue weighted by Crippen LogP contribution is -3.00. The molecule has 0 unspecified atom stereocenters. The van der Waals surface area contributed by atoms with Crippen LogP contribution >= 0.6 is 0 Å². The highest BCUT2D eigenvalue weighted by atomic mass is 35.5. The Labute approximate surface area is 169 Å². The molecule has 1 heterocycles. The minimum atomic E-state index is 0. The van der Waals surface area contributed by atoms with Crippen molar-refractivity contribution in [3.8, 4) is 11.3 Å². The molecule has 0 N–H and O–H groups in total. The molecule has 1 aliphatic heterocycles. The Balaban J connectivity index is 0.00000261. The summed E-state index contributed by atoms with van der Waals surface area (Å²) in [5, 5.41) is 2.46. The molecule has 0 saturated heterocycles. The fourth-order valence-corrected chi connectivity index (χ4v) is 3.90. The highest BCUT2D eigenvalue weighted by Crippen LogP contribution is 2.34. The van der Waals surface area contributed by atoms with E-state index in [9.17, 15) is 0 Å². The van der Waals surface area contributed by atoms with Crippen molar-refractivity contribution < 1.29 is 16.8 Å². The van der Waals surface area contributed by atoms with Crippen LogP contribution in [0.15, 0.2) is 40.8 Å². The van der Waals surface area contributed by atoms with Crippen LogP contribution < -0.4 is 27.2 Å². The maximum atomic E-state index is 6.39. The summed E-state index contributed by atoms with van der Waals surface area (Å²) in [5.41, 5.74) is 4.81. The smallest absolute Gasteiger partial charge is 0.203 e. The van der Waals surface area contributed by atoms with Gasteiger partial charge in [-0.25, -0.2) is 4.58 Å².